The largest absolute Gasteiger partial charge is 0.379 e. The van der Waals surface area contributed by atoms with Gasteiger partial charge in [-0.1, -0.05) is 35.4 Å². The normalized spacial score (nSPS) is 11.6. The van der Waals surface area contributed by atoms with Gasteiger partial charge in [0.2, 0.25) is 0 Å². The molecule has 0 aromatic heterocycles. The maximum atomic E-state index is 5.65. The summed E-state index contributed by atoms with van der Waals surface area (Å²) in [7, 11) is 0. The number of alkyl halides is 2. The van der Waals surface area contributed by atoms with Crippen LogP contribution in [0.5, 0.6) is 0 Å². The minimum Gasteiger partial charge on any atom is -0.379 e. The summed E-state index contributed by atoms with van der Waals surface area (Å²) in [5.74, 6) is 0.746. The molecule has 0 saturated heterocycles. The lowest BCUT2D eigenvalue weighted by atomic mass is 10.2. The van der Waals surface area contributed by atoms with Gasteiger partial charge in [-0.25, -0.2) is 0 Å². The number of rotatable bonds is 38. The molecule has 41 heavy (non-hydrogen) atoms. The zero-order chi connectivity index (χ0) is 29.6. The first-order valence-electron chi connectivity index (χ1n) is 14.9. The molecule has 0 saturated carbocycles. The number of unbranched alkanes of at least 4 members (excludes halogenated alkanes) is 3. The molecule has 0 amide bonds. The predicted octanol–water partition coefficient (Wildman–Crippen LogP) is 3.40. The Bertz CT molecular complexity index is 421. The first-order valence-corrected chi connectivity index (χ1v) is 16.9. The van der Waals surface area contributed by atoms with Crippen LogP contribution in [0.25, 0.3) is 0 Å². The molecule has 0 unspecified atom stereocenters. The number of halogens is 2. The van der Waals surface area contributed by atoms with Crippen molar-refractivity contribution in [3.63, 3.8) is 0 Å². The minimum atomic E-state index is 0.523. The second-order valence-electron chi connectivity index (χ2n) is 8.53. The molecule has 0 aliphatic carbocycles. The fourth-order valence-electron chi connectivity index (χ4n) is 3.01. The average molecular weight is 731 g/mol. The topological polar surface area (TPSA) is 102 Å². The summed E-state index contributed by atoms with van der Waals surface area (Å²) in [6.07, 6.45) is 4.51. The number of ether oxygens (including phenoxy) is 11. The van der Waals surface area contributed by atoms with Crippen LogP contribution < -0.4 is 0 Å². The molecule has 0 bridgehead atoms. The summed E-state index contributed by atoms with van der Waals surface area (Å²) in [6.45, 7) is 12.6. The van der Waals surface area contributed by atoms with Crippen molar-refractivity contribution < 1.29 is 52.1 Å². The average Bonchev–Trinajstić information content (AvgIpc) is 2.98. The summed E-state index contributed by atoms with van der Waals surface area (Å²) in [6, 6.07) is 0. The van der Waals surface area contributed by atoms with E-state index in [4.69, 9.17) is 63.7 Å². The van der Waals surface area contributed by atoms with Gasteiger partial charge in [0, 0.05) is 16.9 Å². The van der Waals surface area contributed by atoms with Crippen LogP contribution in [0.15, 0.2) is 0 Å². The maximum absolute atomic E-state index is 5.65. The summed E-state index contributed by atoms with van der Waals surface area (Å²) in [5, 5.41) is 0. The lowest BCUT2D eigenvalue weighted by Gasteiger charge is -2.09. The Labute approximate surface area is 266 Å². The molecular weight excluding hydrogens is 675 g/mol. The highest BCUT2D eigenvalue weighted by Gasteiger charge is 1.96. The molecule has 0 N–H and O–H groups in total. The van der Waals surface area contributed by atoms with Gasteiger partial charge in [0.15, 0.2) is 0 Å². The van der Waals surface area contributed by atoms with Crippen molar-refractivity contribution in [2.24, 2.45) is 0 Å². The van der Waals surface area contributed by atoms with Gasteiger partial charge in [0.05, 0.1) is 139 Å². The van der Waals surface area contributed by atoms with Crippen molar-refractivity contribution >= 4 is 34.2 Å². The van der Waals surface area contributed by atoms with Crippen LogP contribution in [0.3, 0.4) is 0 Å². The number of hydrogen-bond donors (Lipinski definition) is 0. The van der Waals surface area contributed by atoms with Crippen LogP contribution in [0.2, 0.25) is 0 Å². The molecule has 0 heterocycles. The first kappa shape index (κ1) is 41.6. The van der Waals surface area contributed by atoms with Gasteiger partial charge in [-0.15, -0.1) is 11.6 Å². The fourth-order valence-corrected chi connectivity index (χ4v) is 3.51. The molecule has 0 rings (SSSR count). The monoisotopic (exact) mass is 730 g/mol. The van der Waals surface area contributed by atoms with Gasteiger partial charge in [-0.2, -0.15) is 0 Å². The molecule has 13 heteroatoms. The molecule has 11 nitrogen and oxygen atoms in total. The summed E-state index contributed by atoms with van der Waals surface area (Å²) < 4.78 is 61.0. The SMILES string of the molecule is ClCCCCCCOCCOCCOCCOCCOCCOCCOCCOCCOCCOCCOCCI. The third kappa shape index (κ3) is 40.6. The van der Waals surface area contributed by atoms with E-state index in [-0.39, 0.29) is 0 Å². The Balaban J connectivity index is 3.02. The van der Waals surface area contributed by atoms with Crippen molar-refractivity contribution in [1.82, 2.24) is 0 Å². The third-order valence-electron chi connectivity index (χ3n) is 5.11. The van der Waals surface area contributed by atoms with Gasteiger partial charge < -0.3 is 52.1 Å². The first-order chi connectivity index (χ1) is 20.4. The minimum absolute atomic E-state index is 0.523. The smallest absolute Gasteiger partial charge is 0.0701 e. The Morgan fingerprint density at radius 1 is 0.268 bits per heavy atom. The van der Waals surface area contributed by atoms with E-state index in [1.165, 1.54) is 12.8 Å². The van der Waals surface area contributed by atoms with Crippen molar-refractivity contribution in [2.45, 2.75) is 25.7 Å². The lowest BCUT2D eigenvalue weighted by Crippen LogP contribution is -2.15. The third-order valence-corrected chi connectivity index (χ3v) is 5.82. The van der Waals surface area contributed by atoms with E-state index < -0.39 is 0 Å². The van der Waals surface area contributed by atoms with Crippen LogP contribution in [-0.2, 0) is 52.1 Å². The predicted molar refractivity (Wildman–Crippen MR) is 167 cm³/mol. The second kappa shape index (κ2) is 40.6. The summed E-state index contributed by atoms with van der Waals surface area (Å²) in [4.78, 5) is 0. The van der Waals surface area contributed by atoms with Crippen LogP contribution >= 0.6 is 34.2 Å². The molecular formula is C28H56ClIO11. The molecule has 0 aliphatic heterocycles. The quantitative estimate of drug-likeness (QED) is 0.0531. The van der Waals surface area contributed by atoms with E-state index in [9.17, 15) is 0 Å². The second-order valence-corrected chi connectivity index (χ2v) is 9.98. The Morgan fingerprint density at radius 3 is 0.732 bits per heavy atom. The summed E-state index contributed by atoms with van der Waals surface area (Å²) >= 11 is 7.93. The molecule has 0 fully saturated rings. The van der Waals surface area contributed by atoms with Crippen molar-refractivity contribution in [3.05, 3.63) is 0 Å². The van der Waals surface area contributed by atoms with Crippen LogP contribution in [0, 0.1) is 0 Å². The Morgan fingerprint density at radius 2 is 0.488 bits per heavy atom. The zero-order valence-corrected chi connectivity index (χ0v) is 28.0. The van der Waals surface area contributed by atoms with Crippen LogP contribution in [-0.4, -0.2) is 156 Å². The van der Waals surface area contributed by atoms with Gasteiger partial charge in [-0.05, 0) is 12.8 Å². The highest BCUT2D eigenvalue weighted by Crippen LogP contribution is 2.01. The molecule has 0 aromatic carbocycles. The van der Waals surface area contributed by atoms with E-state index in [0.29, 0.717) is 132 Å². The van der Waals surface area contributed by atoms with Crippen molar-refractivity contribution in [1.29, 1.82) is 0 Å². The van der Waals surface area contributed by atoms with Gasteiger partial charge in [0.1, 0.15) is 0 Å². The van der Waals surface area contributed by atoms with Gasteiger partial charge in [0.25, 0.3) is 0 Å². The van der Waals surface area contributed by atoms with Crippen molar-refractivity contribution in [2.75, 3.05) is 156 Å². The van der Waals surface area contributed by atoms with E-state index >= 15 is 0 Å². The molecule has 248 valence electrons. The maximum Gasteiger partial charge on any atom is 0.0701 e. The lowest BCUT2D eigenvalue weighted by molar-refractivity contribution is -0.0273. The zero-order valence-electron chi connectivity index (χ0n) is 25.0. The van der Waals surface area contributed by atoms with Gasteiger partial charge >= 0.3 is 0 Å². The van der Waals surface area contributed by atoms with E-state index in [1.54, 1.807) is 0 Å². The van der Waals surface area contributed by atoms with Crippen molar-refractivity contribution in [3.8, 4) is 0 Å². The molecule has 0 atom stereocenters. The van der Waals surface area contributed by atoms with Crippen LogP contribution in [0.4, 0.5) is 0 Å². The fraction of sp³-hybridized carbons (Fsp3) is 1.00. The number of hydrogen-bond acceptors (Lipinski definition) is 11. The van der Waals surface area contributed by atoms with E-state index in [0.717, 1.165) is 36.4 Å². The highest BCUT2D eigenvalue weighted by molar-refractivity contribution is 14.1. The Hall–Kier alpha value is 0.580. The van der Waals surface area contributed by atoms with Crippen LogP contribution in [0.1, 0.15) is 25.7 Å². The summed E-state index contributed by atoms with van der Waals surface area (Å²) in [5.41, 5.74) is 0. The molecule has 0 spiro atoms. The molecule has 0 radical (unpaired) electrons. The van der Waals surface area contributed by atoms with E-state index in [2.05, 4.69) is 22.6 Å². The molecule has 0 aromatic rings. The van der Waals surface area contributed by atoms with Gasteiger partial charge in [-0.3, -0.25) is 0 Å². The molecule has 0 aliphatic rings. The highest BCUT2D eigenvalue weighted by atomic mass is 127. The Kier molecular flexibility index (Phi) is 41.2. The van der Waals surface area contributed by atoms with E-state index in [1.807, 2.05) is 0 Å². The standard InChI is InChI=1S/C28H56ClIO11/c29-5-3-1-2-4-7-31-9-11-33-13-15-35-17-19-37-21-23-39-25-27-41-28-26-40-24-22-38-20-18-36-16-14-34-12-10-32-8-6-30/h1-28H2.